The first-order chi connectivity index (χ1) is 54.2. The first-order valence-electron chi connectivity index (χ1n) is 33.7. The molecule has 0 unspecified atom stereocenters. The van der Waals surface area contributed by atoms with Crippen molar-refractivity contribution in [1.82, 2.24) is 0 Å². The second-order valence-electron chi connectivity index (χ2n) is 24.9. The minimum absolute atomic E-state index is 0.00447. The van der Waals surface area contributed by atoms with Crippen LogP contribution in [-0.2, 0) is 41.9 Å². The van der Waals surface area contributed by atoms with Gasteiger partial charge in [0.05, 0.1) is 59.2 Å². The van der Waals surface area contributed by atoms with E-state index >= 15 is 0 Å². The highest BCUT2D eigenvalue weighted by Crippen LogP contribution is 2.39. The zero-order chi connectivity index (χ0) is 90.7. The Labute approximate surface area is 659 Å². The molecular formula is C83H75F27N2O6. The number of hydrazone groups is 1. The van der Waals surface area contributed by atoms with E-state index in [2.05, 4.69) is 12.0 Å². The summed E-state index contributed by atoms with van der Waals surface area (Å²) >= 11 is 0. The van der Waals surface area contributed by atoms with E-state index in [9.17, 15) is 123 Å². The van der Waals surface area contributed by atoms with E-state index < -0.39 is 134 Å². The van der Waals surface area contributed by atoms with Gasteiger partial charge in [0, 0.05) is 16.8 Å². The number of carbonyl (C=O) groups excluding carboxylic acids is 1. The van der Waals surface area contributed by atoms with Crippen molar-refractivity contribution in [3.05, 3.63) is 317 Å². The summed E-state index contributed by atoms with van der Waals surface area (Å²) in [5.41, 5.74) is -1.90. The fourth-order valence-electron chi connectivity index (χ4n) is 8.97. The molecule has 0 atom stereocenters. The van der Waals surface area contributed by atoms with Crippen molar-refractivity contribution in [1.29, 1.82) is 0 Å². The first-order valence-corrected chi connectivity index (χ1v) is 33.7. The van der Waals surface area contributed by atoms with Crippen molar-refractivity contribution < 1.29 is 148 Å². The molecule has 1 aliphatic heterocycles. The number of phenolic OH excluding ortho intramolecular Hbond substituents is 3. The zero-order valence-corrected chi connectivity index (χ0v) is 64.3. The second kappa shape index (κ2) is 44.7. The van der Waals surface area contributed by atoms with E-state index in [4.69, 9.17) is 24.8 Å². The lowest BCUT2D eigenvalue weighted by atomic mass is 10.0. The maximum atomic E-state index is 12.8. The third-order valence-electron chi connectivity index (χ3n) is 15.4. The molecular weight excluding hydrogens is 1630 g/mol. The average Bonchev–Trinajstić information content (AvgIpc) is 1.10. The molecule has 10 aromatic carbocycles. The van der Waals surface area contributed by atoms with Crippen molar-refractivity contribution in [3.63, 3.8) is 0 Å². The molecule has 0 aliphatic carbocycles. The molecule has 0 aromatic heterocycles. The van der Waals surface area contributed by atoms with Gasteiger partial charge in [0.1, 0.15) is 40.6 Å². The van der Waals surface area contributed by atoms with E-state index in [0.29, 0.717) is 41.5 Å². The Balaban J connectivity index is 0.000000446. The van der Waals surface area contributed by atoms with Crippen molar-refractivity contribution in [2.45, 2.75) is 127 Å². The maximum absolute atomic E-state index is 12.8. The molecule has 0 fully saturated rings. The van der Waals surface area contributed by atoms with Crippen molar-refractivity contribution in [3.8, 4) is 28.7 Å². The monoisotopic (exact) mass is 1710 g/mol. The molecule has 35 heteroatoms. The van der Waals surface area contributed by atoms with Crippen LogP contribution in [0.4, 0.5) is 124 Å². The maximum Gasteiger partial charge on any atom is 0.419 e. The minimum atomic E-state index is -4.62. The van der Waals surface area contributed by atoms with Gasteiger partial charge in [0.15, 0.2) is 28.9 Å². The molecule has 118 heavy (non-hydrogen) atoms. The van der Waals surface area contributed by atoms with Gasteiger partial charge < -0.3 is 24.8 Å². The van der Waals surface area contributed by atoms with Crippen LogP contribution in [0.25, 0.3) is 0 Å². The number of hydrogen-bond donors (Lipinski definition) is 3. The molecule has 642 valence electrons. The standard InChI is InChI=1S/C11H12N2O.C9H6F6.C9H12O.4C8H6F4.C8H10O2.C7H4F4O.C7H7FO/c1-8-3-5-10(6-4-8)13-11(14)7-9(2)12-13;1-5-4-6(8(10,11)12)2-3-7(5)9(13,14)15;1-3-10-9-6-4-8(2)5-7-9;1-5-4-6(8(10,11)12)2-3-7(5)9;1-5-2-3-7(9)6(4-5)8(10,11)12;1-5-6(8(10,11)12)3-2-4-7(5)9;1-5-3-2-4-6(7(5)9)8(10,11)12;1-6-3-4-7(9)8(5-6)10-2;1-2-3(8)5(10)7(12)6(11)4(2)9;1-5-6(8)3-2-4-7(5)9/h3-6H,7H2,1-2H3;2-4H,1H3;4-7H,3H2,1-2H3;4*2-4H,1H3;3-5,9H,1-2H3;12H,1H3;2-4,9H,1H3. The van der Waals surface area contributed by atoms with Crippen LogP contribution in [0.1, 0.15) is 109 Å². The predicted octanol–water partition coefficient (Wildman–Crippen LogP) is 27.0. The lowest BCUT2D eigenvalue weighted by molar-refractivity contribution is -0.141. The molecule has 1 aliphatic rings. The van der Waals surface area contributed by atoms with Crippen LogP contribution in [0.15, 0.2) is 181 Å². The zero-order valence-electron chi connectivity index (χ0n) is 64.3. The molecule has 3 N–H and O–H groups in total. The third kappa shape index (κ3) is 33.2. The van der Waals surface area contributed by atoms with Crippen LogP contribution >= 0.6 is 0 Å². The Bertz CT molecular complexity index is 4730. The number of benzene rings is 10. The van der Waals surface area contributed by atoms with E-state index in [0.717, 1.165) is 105 Å². The number of nitrogens with zero attached hydrogens (tertiary/aromatic N) is 2. The Hall–Kier alpha value is -11.6. The molecule has 0 spiro atoms. The van der Waals surface area contributed by atoms with Crippen LogP contribution < -0.4 is 14.5 Å². The van der Waals surface area contributed by atoms with Crippen molar-refractivity contribution in [2.24, 2.45) is 5.10 Å². The van der Waals surface area contributed by atoms with Crippen LogP contribution in [0.2, 0.25) is 0 Å². The molecule has 0 radical (unpaired) electrons. The lowest BCUT2D eigenvalue weighted by Gasteiger charge is -2.12. The fourth-order valence-corrected chi connectivity index (χ4v) is 8.97. The highest BCUT2D eigenvalue weighted by atomic mass is 19.4. The fraction of sp³-hybridized carbons (Fsp3) is 0.253. The van der Waals surface area contributed by atoms with Gasteiger partial charge in [-0.25, -0.2) is 35.7 Å². The number of methoxy groups -OCH3 is 1. The summed E-state index contributed by atoms with van der Waals surface area (Å²) in [6, 6.07) is 38.0. The predicted molar refractivity (Wildman–Crippen MR) is 389 cm³/mol. The Morgan fingerprint density at radius 3 is 1.19 bits per heavy atom. The molecule has 8 nitrogen and oxygen atoms in total. The molecule has 0 bridgehead atoms. The molecule has 10 aromatic rings. The van der Waals surface area contributed by atoms with Gasteiger partial charge in [0.25, 0.3) is 5.91 Å². The van der Waals surface area contributed by atoms with Crippen molar-refractivity contribution in [2.75, 3.05) is 18.7 Å². The smallest absolute Gasteiger partial charge is 0.419 e. The minimum Gasteiger partial charge on any atom is -0.508 e. The van der Waals surface area contributed by atoms with Gasteiger partial charge in [-0.3, -0.25) is 4.79 Å². The number of phenols is 3. The molecule has 0 saturated heterocycles. The van der Waals surface area contributed by atoms with Gasteiger partial charge >= 0.3 is 37.1 Å². The number of carbonyl (C=O) groups is 1. The number of anilines is 1. The molecule has 11 rings (SSSR count). The van der Waals surface area contributed by atoms with Gasteiger partial charge in [-0.1, -0.05) is 77.4 Å². The van der Waals surface area contributed by atoms with Crippen LogP contribution in [0.3, 0.4) is 0 Å². The summed E-state index contributed by atoms with van der Waals surface area (Å²) in [6.45, 7) is 19.2. The number of amides is 1. The van der Waals surface area contributed by atoms with E-state index in [-0.39, 0.29) is 39.9 Å². The SMILES string of the molecule is CC1=NN(c2ccc(C)cc2)C(=O)C1.CCOc1ccc(C)cc1.COc1cc(C)ccc1O.Cc1c(F)c(F)c(O)c(F)c1F.Cc1c(F)cccc1C(F)(F)F.Cc1c(O)cccc1F.Cc1cc(C(F)(F)F)ccc1C(F)(F)F.Cc1cc(C(F)(F)F)ccc1F.Cc1ccc(F)c(C(F)(F)F)c1.Cc1cccc(C(F)(F)F)c1F. The Morgan fingerprint density at radius 1 is 0.364 bits per heavy atom. The molecule has 1 amide bonds. The van der Waals surface area contributed by atoms with Crippen LogP contribution in [0, 0.1) is 122 Å². The van der Waals surface area contributed by atoms with Crippen molar-refractivity contribution >= 4 is 17.3 Å². The number of halogens is 27. The van der Waals surface area contributed by atoms with Gasteiger partial charge in [0.2, 0.25) is 11.6 Å². The number of rotatable bonds is 4. The summed E-state index contributed by atoms with van der Waals surface area (Å²) in [5, 5.41) is 32.1. The summed E-state index contributed by atoms with van der Waals surface area (Å²) in [6.07, 6.45) is -26.9. The van der Waals surface area contributed by atoms with E-state index in [1.54, 1.807) is 12.1 Å². The summed E-state index contributed by atoms with van der Waals surface area (Å²) in [7, 11) is 1.54. The highest BCUT2D eigenvalue weighted by molar-refractivity contribution is 6.12. The largest absolute Gasteiger partial charge is 0.508 e. The molecule has 1 heterocycles. The Morgan fingerprint density at radius 2 is 0.788 bits per heavy atom. The topological polar surface area (TPSA) is 112 Å². The normalized spacial score (nSPS) is 11.7. The average molecular weight is 1710 g/mol. The number of ether oxygens (including phenoxy) is 2. The number of aryl methyl sites for hydroxylation is 7. The van der Waals surface area contributed by atoms with E-state index in [1.165, 1.54) is 87.3 Å². The quantitative estimate of drug-likeness (QED) is 0.120. The molecule has 0 saturated carbocycles. The second-order valence-corrected chi connectivity index (χ2v) is 24.9. The number of alkyl halides is 18. The van der Waals surface area contributed by atoms with Gasteiger partial charge in [-0.2, -0.15) is 92.9 Å². The van der Waals surface area contributed by atoms with Gasteiger partial charge in [-0.15, -0.1) is 0 Å². The summed E-state index contributed by atoms with van der Waals surface area (Å²) in [5.74, 6) is -10.8. The number of hydrogen-bond acceptors (Lipinski definition) is 7. The number of aromatic hydroxyl groups is 3. The van der Waals surface area contributed by atoms with Crippen LogP contribution in [0.5, 0.6) is 28.7 Å². The summed E-state index contributed by atoms with van der Waals surface area (Å²) in [4.78, 5) is 11.5. The van der Waals surface area contributed by atoms with Crippen LogP contribution in [-0.4, -0.2) is 40.7 Å². The van der Waals surface area contributed by atoms with E-state index in [1.807, 2.05) is 82.3 Å². The Kier molecular flexibility index (Phi) is 38.8. The third-order valence-corrected chi connectivity index (χ3v) is 15.4. The first kappa shape index (κ1) is 103. The highest BCUT2D eigenvalue weighted by Gasteiger charge is 2.38. The lowest BCUT2D eigenvalue weighted by Crippen LogP contribution is -2.19. The van der Waals surface area contributed by atoms with Gasteiger partial charge in [-0.05, 0) is 226 Å². The summed E-state index contributed by atoms with van der Waals surface area (Å²) < 4.78 is 340.